The first-order chi connectivity index (χ1) is 12.9. The van der Waals surface area contributed by atoms with Gasteiger partial charge in [-0.15, -0.1) is 0 Å². The molecule has 0 radical (unpaired) electrons. The maximum Gasteiger partial charge on any atom is 0.407 e. The van der Waals surface area contributed by atoms with Crippen LogP contribution < -0.4 is 5.32 Å². The molecule has 0 bridgehead atoms. The lowest BCUT2D eigenvalue weighted by atomic mass is 10.1. The van der Waals surface area contributed by atoms with E-state index >= 15 is 0 Å². The Bertz CT molecular complexity index is 409. The summed E-state index contributed by atoms with van der Waals surface area (Å²) in [7, 11) is 1.61. The number of carbonyl (C=O) groups excluding carboxylic acids is 2. The maximum absolute atomic E-state index is 11.6. The van der Waals surface area contributed by atoms with E-state index in [2.05, 4.69) is 14.2 Å². The van der Waals surface area contributed by atoms with Crippen molar-refractivity contribution in [1.29, 1.82) is 0 Å². The smallest absolute Gasteiger partial charge is 0.407 e. The topological polar surface area (TPSA) is 83.1 Å². The minimum Gasteiger partial charge on any atom is -0.460 e. The lowest BCUT2D eigenvalue weighted by Crippen LogP contribution is -2.33. The monoisotopic (exact) mass is 439 g/mol. The molecular formula is C19H39NO6P2. The number of carbonyl (C=O) groups is 2. The van der Waals surface area contributed by atoms with E-state index in [0.717, 1.165) is 32.1 Å². The number of unbranched alkanes of at least 4 members (excludes halogenated alkanes) is 3. The van der Waals surface area contributed by atoms with Gasteiger partial charge >= 0.3 is 12.1 Å². The maximum atomic E-state index is 11.6. The third kappa shape index (κ3) is 20.3. The van der Waals surface area contributed by atoms with Crippen molar-refractivity contribution in [1.82, 2.24) is 5.32 Å². The van der Waals surface area contributed by atoms with E-state index in [1.807, 2.05) is 41.5 Å². The van der Waals surface area contributed by atoms with Crippen LogP contribution in [-0.2, 0) is 23.3 Å². The molecule has 28 heavy (non-hydrogen) atoms. The van der Waals surface area contributed by atoms with Crippen molar-refractivity contribution in [2.75, 3.05) is 19.8 Å². The summed E-state index contributed by atoms with van der Waals surface area (Å²) in [6, 6.07) is 0. The first-order valence-corrected chi connectivity index (χ1v) is 12.7. The number of esters is 1. The summed E-state index contributed by atoms with van der Waals surface area (Å²) < 4.78 is 21.7. The van der Waals surface area contributed by atoms with E-state index in [0.29, 0.717) is 26.2 Å². The van der Waals surface area contributed by atoms with E-state index in [1.54, 1.807) is 0 Å². The molecule has 0 heterocycles. The van der Waals surface area contributed by atoms with Gasteiger partial charge in [0.2, 0.25) is 0 Å². The molecule has 9 heteroatoms. The molecule has 1 N–H and O–H groups in total. The summed E-state index contributed by atoms with van der Waals surface area (Å²) >= 11 is 0. The average molecular weight is 439 g/mol. The molecule has 0 fully saturated rings. The van der Waals surface area contributed by atoms with Crippen LogP contribution >= 0.6 is 17.0 Å². The predicted octanol–water partition coefficient (Wildman–Crippen LogP) is 5.33. The minimum absolute atomic E-state index is 0.147. The SMILES string of the molecule is CC(C)(C)OC(=O)CCCCCOP(P)OCCCCNC(=O)OC(C)(C)C. The van der Waals surface area contributed by atoms with Crippen LogP contribution in [0.25, 0.3) is 0 Å². The highest BCUT2D eigenvalue weighted by Gasteiger charge is 2.16. The minimum atomic E-state index is -0.971. The van der Waals surface area contributed by atoms with E-state index < -0.39 is 25.4 Å². The fourth-order valence-corrected chi connectivity index (χ4v) is 3.34. The van der Waals surface area contributed by atoms with Crippen molar-refractivity contribution in [3.05, 3.63) is 0 Å². The largest absolute Gasteiger partial charge is 0.460 e. The van der Waals surface area contributed by atoms with Crippen molar-refractivity contribution in [3.63, 3.8) is 0 Å². The van der Waals surface area contributed by atoms with Gasteiger partial charge in [0.1, 0.15) is 11.2 Å². The first kappa shape index (κ1) is 27.5. The second kappa shape index (κ2) is 14.5. The van der Waals surface area contributed by atoms with Crippen molar-refractivity contribution in [3.8, 4) is 0 Å². The molecule has 0 rings (SSSR count). The lowest BCUT2D eigenvalue weighted by Gasteiger charge is -2.19. The molecule has 0 aromatic rings. The highest BCUT2D eigenvalue weighted by atomic mass is 32.0. The Balaban J connectivity index is 3.48. The third-order valence-electron chi connectivity index (χ3n) is 3.12. The van der Waals surface area contributed by atoms with E-state index in [-0.39, 0.29) is 5.97 Å². The molecule has 2 unspecified atom stereocenters. The molecule has 0 aliphatic rings. The zero-order chi connectivity index (χ0) is 21.6. The van der Waals surface area contributed by atoms with Crippen LogP contribution in [0, 0.1) is 0 Å². The quantitative estimate of drug-likeness (QED) is 0.237. The summed E-state index contributed by atoms with van der Waals surface area (Å²) in [4.78, 5) is 23.1. The summed E-state index contributed by atoms with van der Waals surface area (Å²) in [6.45, 7) is 12.9. The zero-order valence-electron chi connectivity index (χ0n) is 18.3. The van der Waals surface area contributed by atoms with E-state index in [9.17, 15) is 9.59 Å². The fraction of sp³-hybridized carbons (Fsp3) is 0.895. The number of amides is 1. The number of alkyl carbamates (subject to hydrolysis) is 1. The molecule has 2 atom stereocenters. The van der Waals surface area contributed by atoms with Gasteiger partial charge in [-0.25, -0.2) is 4.79 Å². The second-order valence-corrected chi connectivity index (χ2v) is 10.8. The molecule has 0 saturated heterocycles. The van der Waals surface area contributed by atoms with Gasteiger partial charge < -0.3 is 23.8 Å². The molecule has 1 amide bonds. The number of ether oxygens (including phenoxy) is 2. The standard InChI is InChI=1S/C19H39NO6P2/c1-18(2,3)25-16(21)12-8-7-10-14-23-28(27)24-15-11-9-13-20-17(22)26-19(4,5)6/h7-15,27H2,1-6H3,(H,20,22). The van der Waals surface area contributed by atoms with Gasteiger partial charge in [-0.1, -0.05) is 15.3 Å². The number of hydrogen-bond donors (Lipinski definition) is 1. The molecule has 0 saturated carbocycles. The normalized spacial score (nSPS) is 13.1. The lowest BCUT2D eigenvalue weighted by molar-refractivity contribution is -0.154. The first-order valence-electron chi connectivity index (χ1n) is 9.88. The summed E-state index contributed by atoms with van der Waals surface area (Å²) in [5, 5.41) is 2.72. The molecule has 0 spiro atoms. The molecule has 0 aromatic heterocycles. The number of nitrogens with one attached hydrogen (secondary N) is 1. The molecule has 0 aliphatic heterocycles. The molecule has 166 valence electrons. The van der Waals surface area contributed by atoms with E-state index in [4.69, 9.17) is 18.5 Å². The molecule has 0 aromatic carbocycles. The zero-order valence-corrected chi connectivity index (χ0v) is 20.4. The van der Waals surface area contributed by atoms with Crippen molar-refractivity contribution in [2.45, 2.75) is 91.3 Å². The van der Waals surface area contributed by atoms with Crippen LogP contribution in [0.4, 0.5) is 4.79 Å². The van der Waals surface area contributed by atoms with Crippen LogP contribution in [0.1, 0.15) is 80.1 Å². The van der Waals surface area contributed by atoms with Crippen molar-refractivity contribution in [2.24, 2.45) is 0 Å². The Hall–Kier alpha value is -0.480. The highest BCUT2D eigenvalue weighted by molar-refractivity contribution is 8.08. The van der Waals surface area contributed by atoms with Crippen LogP contribution in [-0.4, -0.2) is 43.0 Å². The van der Waals surface area contributed by atoms with Gasteiger partial charge in [-0.05, 0) is 67.2 Å². The Labute approximate surface area is 174 Å². The Kier molecular flexibility index (Phi) is 14.2. The van der Waals surface area contributed by atoms with Crippen LogP contribution in [0.15, 0.2) is 0 Å². The van der Waals surface area contributed by atoms with Gasteiger partial charge in [0, 0.05) is 13.0 Å². The van der Waals surface area contributed by atoms with Gasteiger partial charge in [0.25, 0.3) is 0 Å². The predicted molar refractivity (Wildman–Crippen MR) is 116 cm³/mol. The Morgan fingerprint density at radius 2 is 1.36 bits per heavy atom. The number of hydrogen-bond acceptors (Lipinski definition) is 6. The van der Waals surface area contributed by atoms with Gasteiger partial charge in [-0.2, -0.15) is 0 Å². The van der Waals surface area contributed by atoms with Gasteiger partial charge in [0.05, 0.1) is 13.2 Å². The summed E-state index contributed by atoms with van der Waals surface area (Å²) in [5.41, 5.74) is -0.895. The van der Waals surface area contributed by atoms with Crippen LogP contribution in [0.3, 0.4) is 0 Å². The molecular weight excluding hydrogens is 400 g/mol. The fourth-order valence-electron chi connectivity index (χ4n) is 2.02. The Morgan fingerprint density at radius 3 is 1.89 bits per heavy atom. The van der Waals surface area contributed by atoms with Crippen molar-refractivity contribution < 1.29 is 28.1 Å². The van der Waals surface area contributed by atoms with Crippen molar-refractivity contribution >= 4 is 29.1 Å². The second-order valence-electron chi connectivity index (χ2n) is 8.48. The van der Waals surface area contributed by atoms with Crippen LogP contribution in [0.5, 0.6) is 0 Å². The average Bonchev–Trinajstić information content (AvgIpc) is 2.50. The number of rotatable bonds is 13. The molecule has 7 nitrogen and oxygen atoms in total. The Morgan fingerprint density at radius 1 is 0.821 bits per heavy atom. The third-order valence-corrected chi connectivity index (χ3v) is 4.89. The van der Waals surface area contributed by atoms with E-state index in [1.165, 1.54) is 0 Å². The summed E-state index contributed by atoms with van der Waals surface area (Å²) in [5.74, 6) is -0.147. The summed E-state index contributed by atoms with van der Waals surface area (Å²) in [6.07, 6.45) is 4.32. The van der Waals surface area contributed by atoms with Gasteiger partial charge in [-0.3, -0.25) is 4.79 Å². The van der Waals surface area contributed by atoms with Crippen LogP contribution in [0.2, 0.25) is 0 Å². The molecule has 0 aliphatic carbocycles. The van der Waals surface area contributed by atoms with Gasteiger partial charge in [0.15, 0.2) is 8.06 Å². The highest BCUT2D eigenvalue weighted by Crippen LogP contribution is 2.46.